The van der Waals surface area contributed by atoms with E-state index in [1.165, 1.54) is 25.5 Å². The SMILES string of the molecule is O=S(=O)(c1ccc(NCC(O)CN2CCCCC2)nc1)N1CCCCC1. The largest absolute Gasteiger partial charge is 0.390 e. The van der Waals surface area contributed by atoms with E-state index in [9.17, 15) is 13.5 Å². The lowest BCUT2D eigenvalue weighted by Crippen LogP contribution is -2.39. The van der Waals surface area contributed by atoms with Crippen molar-refractivity contribution in [1.82, 2.24) is 14.2 Å². The summed E-state index contributed by atoms with van der Waals surface area (Å²) in [5, 5.41) is 13.3. The highest BCUT2D eigenvalue weighted by molar-refractivity contribution is 7.89. The number of nitrogens with one attached hydrogen (secondary N) is 1. The Bertz CT molecular complexity index is 654. The molecule has 3 rings (SSSR count). The Kier molecular flexibility index (Phi) is 6.86. The Balaban J connectivity index is 1.50. The van der Waals surface area contributed by atoms with Crippen molar-refractivity contribution >= 4 is 15.8 Å². The van der Waals surface area contributed by atoms with E-state index in [0.29, 0.717) is 32.0 Å². The smallest absolute Gasteiger partial charge is 0.244 e. The van der Waals surface area contributed by atoms with Crippen LogP contribution in [-0.2, 0) is 10.0 Å². The lowest BCUT2D eigenvalue weighted by molar-refractivity contribution is 0.109. The standard InChI is InChI=1S/C18H30N4O3S/c23-16(15-21-9-3-1-4-10-21)13-19-18-8-7-17(14-20-18)26(24,25)22-11-5-2-6-12-22/h7-8,14,16,23H,1-6,9-13,15H2,(H,19,20). The molecule has 26 heavy (non-hydrogen) atoms. The number of nitrogens with zero attached hydrogens (tertiary/aromatic N) is 3. The quantitative estimate of drug-likeness (QED) is 0.744. The van der Waals surface area contributed by atoms with Crippen LogP contribution in [0.5, 0.6) is 0 Å². The molecule has 0 amide bonds. The molecule has 1 aromatic heterocycles. The van der Waals surface area contributed by atoms with Crippen molar-refractivity contribution in [3.63, 3.8) is 0 Å². The zero-order valence-electron chi connectivity index (χ0n) is 15.3. The van der Waals surface area contributed by atoms with Crippen LogP contribution in [0.15, 0.2) is 23.2 Å². The number of aliphatic hydroxyl groups excluding tert-OH is 1. The molecule has 8 heteroatoms. The summed E-state index contributed by atoms with van der Waals surface area (Å²) >= 11 is 0. The minimum atomic E-state index is -3.44. The Morgan fingerprint density at radius 2 is 1.69 bits per heavy atom. The molecule has 0 radical (unpaired) electrons. The Labute approximate surface area is 156 Å². The van der Waals surface area contributed by atoms with Gasteiger partial charge in [0.25, 0.3) is 0 Å². The van der Waals surface area contributed by atoms with Gasteiger partial charge in [0, 0.05) is 32.4 Å². The highest BCUT2D eigenvalue weighted by atomic mass is 32.2. The van der Waals surface area contributed by atoms with Crippen LogP contribution in [0, 0.1) is 0 Å². The van der Waals surface area contributed by atoms with Gasteiger partial charge >= 0.3 is 0 Å². The summed E-state index contributed by atoms with van der Waals surface area (Å²) in [5.41, 5.74) is 0. The molecular weight excluding hydrogens is 352 g/mol. The summed E-state index contributed by atoms with van der Waals surface area (Å²) in [5.74, 6) is 0.584. The number of hydrogen-bond acceptors (Lipinski definition) is 6. The summed E-state index contributed by atoms with van der Waals surface area (Å²) in [6.07, 6.45) is 7.55. The van der Waals surface area contributed by atoms with Gasteiger partial charge in [0.2, 0.25) is 10.0 Å². The number of hydrogen-bond donors (Lipinski definition) is 2. The number of anilines is 1. The van der Waals surface area contributed by atoms with Crippen LogP contribution >= 0.6 is 0 Å². The van der Waals surface area contributed by atoms with Gasteiger partial charge in [-0.2, -0.15) is 4.31 Å². The Morgan fingerprint density at radius 1 is 1.04 bits per heavy atom. The van der Waals surface area contributed by atoms with Gasteiger partial charge in [-0.1, -0.05) is 12.8 Å². The fourth-order valence-electron chi connectivity index (χ4n) is 3.62. The van der Waals surface area contributed by atoms with Gasteiger partial charge in [0.05, 0.1) is 6.10 Å². The van der Waals surface area contributed by atoms with Crippen LogP contribution in [-0.4, -0.2) is 73.1 Å². The number of aliphatic hydroxyl groups is 1. The van der Waals surface area contributed by atoms with Gasteiger partial charge in [-0.15, -0.1) is 0 Å². The normalized spacial score (nSPS) is 21.4. The van der Waals surface area contributed by atoms with Crippen LogP contribution < -0.4 is 5.32 Å². The first kappa shape index (κ1) is 19.5. The molecule has 1 atom stereocenters. The molecule has 7 nitrogen and oxygen atoms in total. The number of β-amino-alcohol motifs (C(OH)–C–C–N with tert-alkyl or cyclic N) is 1. The third kappa shape index (κ3) is 5.16. The molecule has 2 N–H and O–H groups in total. The van der Waals surface area contributed by atoms with E-state index in [4.69, 9.17) is 0 Å². The van der Waals surface area contributed by atoms with Gasteiger partial charge in [-0.3, -0.25) is 0 Å². The van der Waals surface area contributed by atoms with Crippen molar-refractivity contribution in [3.8, 4) is 0 Å². The fraction of sp³-hybridized carbons (Fsp3) is 0.722. The summed E-state index contributed by atoms with van der Waals surface area (Å²) in [6.45, 7) is 4.35. The van der Waals surface area contributed by atoms with Gasteiger partial charge in [-0.25, -0.2) is 13.4 Å². The molecule has 0 aliphatic carbocycles. The minimum Gasteiger partial charge on any atom is -0.390 e. The van der Waals surface area contributed by atoms with Crippen molar-refractivity contribution < 1.29 is 13.5 Å². The molecule has 1 aromatic rings. The molecule has 0 bridgehead atoms. The maximum atomic E-state index is 12.6. The van der Waals surface area contributed by atoms with Crippen LogP contribution in [0.2, 0.25) is 0 Å². The molecule has 0 spiro atoms. The average molecular weight is 383 g/mol. The van der Waals surface area contributed by atoms with Crippen LogP contribution in [0.1, 0.15) is 38.5 Å². The molecule has 2 aliphatic heterocycles. The van der Waals surface area contributed by atoms with E-state index in [-0.39, 0.29) is 4.90 Å². The maximum absolute atomic E-state index is 12.6. The summed E-state index contributed by atoms with van der Waals surface area (Å²) < 4.78 is 26.8. The van der Waals surface area contributed by atoms with Gasteiger partial charge in [0.1, 0.15) is 10.7 Å². The third-order valence-corrected chi connectivity index (χ3v) is 7.01. The van der Waals surface area contributed by atoms with E-state index in [1.54, 1.807) is 16.4 Å². The lowest BCUT2D eigenvalue weighted by Gasteiger charge is -2.28. The molecule has 3 heterocycles. The molecule has 2 fully saturated rings. The third-order valence-electron chi connectivity index (χ3n) is 5.13. The molecular formula is C18H30N4O3S. The number of piperidine rings is 2. The second-order valence-corrected chi connectivity index (χ2v) is 9.18. The lowest BCUT2D eigenvalue weighted by atomic mass is 10.1. The molecule has 0 aromatic carbocycles. The fourth-order valence-corrected chi connectivity index (χ4v) is 5.08. The highest BCUT2D eigenvalue weighted by Crippen LogP contribution is 2.20. The molecule has 2 saturated heterocycles. The summed E-state index contributed by atoms with van der Waals surface area (Å²) in [7, 11) is -3.44. The van der Waals surface area contributed by atoms with Gasteiger partial charge in [-0.05, 0) is 50.9 Å². The van der Waals surface area contributed by atoms with E-state index in [2.05, 4.69) is 15.2 Å². The van der Waals surface area contributed by atoms with Crippen molar-refractivity contribution in [3.05, 3.63) is 18.3 Å². The van der Waals surface area contributed by atoms with E-state index < -0.39 is 16.1 Å². The predicted molar refractivity (Wildman–Crippen MR) is 102 cm³/mol. The zero-order valence-corrected chi connectivity index (χ0v) is 16.1. The first-order valence-corrected chi connectivity index (χ1v) is 11.1. The maximum Gasteiger partial charge on any atom is 0.244 e. The van der Waals surface area contributed by atoms with Crippen molar-refractivity contribution in [1.29, 1.82) is 0 Å². The number of pyridine rings is 1. The van der Waals surface area contributed by atoms with E-state index >= 15 is 0 Å². The van der Waals surface area contributed by atoms with E-state index in [0.717, 1.165) is 32.4 Å². The predicted octanol–water partition coefficient (Wildman–Crippen LogP) is 1.51. The molecule has 146 valence electrons. The number of aromatic nitrogens is 1. The van der Waals surface area contributed by atoms with E-state index in [1.807, 2.05) is 0 Å². The van der Waals surface area contributed by atoms with Crippen LogP contribution in [0.3, 0.4) is 0 Å². The molecule has 0 saturated carbocycles. The molecule has 2 aliphatic rings. The van der Waals surface area contributed by atoms with Gasteiger partial charge in [0.15, 0.2) is 0 Å². The Hall–Kier alpha value is -1.22. The number of rotatable bonds is 7. The van der Waals surface area contributed by atoms with Crippen LogP contribution in [0.25, 0.3) is 0 Å². The number of sulfonamides is 1. The van der Waals surface area contributed by atoms with Crippen LogP contribution in [0.4, 0.5) is 5.82 Å². The topological polar surface area (TPSA) is 85.8 Å². The first-order valence-electron chi connectivity index (χ1n) is 9.66. The first-order chi connectivity index (χ1) is 12.6. The van der Waals surface area contributed by atoms with Crippen molar-refractivity contribution in [2.75, 3.05) is 44.6 Å². The minimum absolute atomic E-state index is 0.235. The monoisotopic (exact) mass is 382 g/mol. The zero-order chi connectivity index (χ0) is 18.4. The Morgan fingerprint density at radius 3 is 2.31 bits per heavy atom. The molecule has 1 unspecified atom stereocenters. The van der Waals surface area contributed by atoms with Gasteiger partial charge < -0.3 is 15.3 Å². The highest BCUT2D eigenvalue weighted by Gasteiger charge is 2.26. The second-order valence-electron chi connectivity index (χ2n) is 7.24. The average Bonchev–Trinajstić information content (AvgIpc) is 2.68. The summed E-state index contributed by atoms with van der Waals surface area (Å²) in [6, 6.07) is 3.26. The van der Waals surface area contributed by atoms with Crippen molar-refractivity contribution in [2.45, 2.75) is 49.5 Å². The summed E-state index contributed by atoms with van der Waals surface area (Å²) in [4.78, 5) is 6.74. The second kappa shape index (κ2) is 9.12. The van der Waals surface area contributed by atoms with Crippen molar-refractivity contribution in [2.24, 2.45) is 0 Å². The number of likely N-dealkylation sites (tertiary alicyclic amines) is 1.